The van der Waals surface area contributed by atoms with Gasteiger partial charge in [-0.25, -0.2) is 4.39 Å². The normalized spacial score (nSPS) is 24.6. The zero-order valence-corrected chi connectivity index (χ0v) is 12.4. The molecule has 0 aromatic heterocycles. The molecule has 2 rings (SSSR count). The lowest BCUT2D eigenvalue weighted by molar-refractivity contribution is 0.0955. The number of nitrogens with one attached hydrogen (secondary N) is 1. The molecule has 1 aliphatic rings. The van der Waals surface area contributed by atoms with Gasteiger partial charge in [-0.2, -0.15) is 0 Å². The summed E-state index contributed by atoms with van der Waals surface area (Å²) in [5.74, 6) is 0.229. The summed E-state index contributed by atoms with van der Waals surface area (Å²) in [5.41, 5.74) is 0.672. The Morgan fingerprint density at radius 3 is 2.89 bits per heavy atom. The van der Waals surface area contributed by atoms with Crippen LogP contribution in [0.4, 0.5) is 4.39 Å². The molecule has 2 atom stereocenters. The second-order valence-electron chi connectivity index (χ2n) is 5.17. The summed E-state index contributed by atoms with van der Waals surface area (Å²) >= 11 is 6.26. The molecule has 1 N–H and O–H groups in total. The molecule has 0 bridgehead atoms. The van der Waals surface area contributed by atoms with Crippen LogP contribution >= 0.6 is 11.6 Å². The quantitative estimate of drug-likeness (QED) is 0.911. The number of hydrogen-bond donors (Lipinski definition) is 1. The first-order valence-corrected chi connectivity index (χ1v) is 7.39. The van der Waals surface area contributed by atoms with Crippen LogP contribution < -0.4 is 5.32 Å². The maximum atomic E-state index is 14.2. The van der Waals surface area contributed by atoms with Crippen molar-refractivity contribution < 1.29 is 4.39 Å². The highest BCUT2D eigenvalue weighted by Crippen LogP contribution is 2.39. The van der Waals surface area contributed by atoms with Gasteiger partial charge in [0, 0.05) is 16.6 Å². The fraction of sp³-hybridized carbons (Fsp3) is 0.600. The van der Waals surface area contributed by atoms with E-state index in [1.54, 1.807) is 12.1 Å². The highest BCUT2D eigenvalue weighted by atomic mass is 35.5. The number of halogens is 2. The van der Waals surface area contributed by atoms with E-state index in [1.165, 1.54) is 12.5 Å². The Balaban J connectivity index is 2.39. The Morgan fingerprint density at radius 2 is 2.26 bits per heavy atom. The Hall–Kier alpha value is -0.640. The lowest BCUT2D eigenvalue weighted by Crippen LogP contribution is -2.42. The molecule has 0 radical (unpaired) electrons. The fourth-order valence-electron chi connectivity index (χ4n) is 3.19. The minimum Gasteiger partial charge on any atom is -0.319 e. The zero-order valence-electron chi connectivity index (χ0n) is 11.6. The van der Waals surface area contributed by atoms with Crippen LogP contribution in [-0.4, -0.2) is 31.6 Å². The van der Waals surface area contributed by atoms with Gasteiger partial charge in [-0.1, -0.05) is 24.6 Å². The van der Waals surface area contributed by atoms with Gasteiger partial charge in [-0.15, -0.1) is 0 Å². The third kappa shape index (κ3) is 3.10. The minimum absolute atomic E-state index is 0.0832. The van der Waals surface area contributed by atoms with Crippen molar-refractivity contribution in [3.63, 3.8) is 0 Å². The molecular weight excluding hydrogens is 263 g/mol. The zero-order chi connectivity index (χ0) is 13.8. The molecule has 19 heavy (non-hydrogen) atoms. The van der Waals surface area contributed by atoms with Gasteiger partial charge in [-0.05, 0) is 57.6 Å². The van der Waals surface area contributed by atoms with Crippen molar-refractivity contribution in [2.75, 3.05) is 26.7 Å². The number of hydrogen-bond acceptors (Lipinski definition) is 2. The molecule has 2 nitrogen and oxygen atoms in total. The molecule has 1 saturated heterocycles. The van der Waals surface area contributed by atoms with Gasteiger partial charge in [0.25, 0.3) is 0 Å². The Bertz CT molecular complexity index is 402. The van der Waals surface area contributed by atoms with Gasteiger partial charge >= 0.3 is 0 Å². The first kappa shape index (κ1) is 14.8. The number of likely N-dealkylation sites (tertiary alicyclic amines) is 1. The van der Waals surface area contributed by atoms with Crippen molar-refractivity contribution in [3.05, 3.63) is 34.6 Å². The average Bonchev–Trinajstić information content (AvgIpc) is 2.40. The number of benzene rings is 1. The average molecular weight is 285 g/mol. The Kier molecular flexibility index (Phi) is 5.20. The highest BCUT2D eigenvalue weighted by molar-refractivity contribution is 6.31. The Labute approximate surface area is 119 Å². The van der Waals surface area contributed by atoms with Crippen LogP contribution in [0.1, 0.15) is 31.4 Å². The summed E-state index contributed by atoms with van der Waals surface area (Å²) in [5, 5.41) is 3.78. The van der Waals surface area contributed by atoms with E-state index in [9.17, 15) is 4.39 Å². The summed E-state index contributed by atoms with van der Waals surface area (Å²) in [7, 11) is 1.95. The van der Waals surface area contributed by atoms with Crippen LogP contribution in [-0.2, 0) is 0 Å². The van der Waals surface area contributed by atoms with Crippen molar-refractivity contribution in [2.45, 2.75) is 25.8 Å². The Morgan fingerprint density at radius 1 is 1.47 bits per heavy atom. The van der Waals surface area contributed by atoms with Crippen molar-refractivity contribution in [2.24, 2.45) is 5.92 Å². The largest absolute Gasteiger partial charge is 0.319 e. The second-order valence-corrected chi connectivity index (χ2v) is 5.58. The molecule has 0 saturated carbocycles. The van der Waals surface area contributed by atoms with Crippen LogP contribution in [0.3, 0.4) is 0 Å². The van der Waals surface area contributed by atoms with Gasteiger partial charge in [0.15, 0.2) is 0 Å². The summed E-state index contributed by atoms with van der Waals surface area (Å²) in [6.45, 7) is 4.97. The molecule has 0 amide bonds. The number of piperidine rings is 1. The first-order chi connectivity index (χ1) is 9.19. The van der Waals surface area contributed by atoms with E-state index >= 15 is 0 Å². The number of nitrogens with zero attached hydrogens (tertiary/aromatic N) is 1. The lowest BCUT2D eigenvalue weighted by atomic mass is 9.84. The summed E-state index contributed by atoms with van der Waals surface area (Å²) < 4.78 is 14.2. The standard InChI is InChI=1S/C15H22ClFN2/c1-3-19-9-5-6-11(10-18-2)15(19)14-12(16)7-4-8-13(14)17/h4,7-8,11,15,18H,3,5-6,9-10H2,1-2H3. The van der Waals surface area contributed by atoms with Gasteiger partial charge < -0.3 is 5.32 Å². The lowest BCUT2D eigenvalue weighted by Gasteiger charge is -2.41. The van der Waals surface area contributed by atoms with Gasteiger partial charge in [0.1, 0.15) is 5.82 Å². The van der Waals surface area contributed by atoms with Gasteiger partial charge in [0.2, 0.25) is 0 Å². The highest BCUT2D eigenvalue weighted by Gasteiger charge is 2.34. The topological polar surface area (TPSA) is 15.3 Å². The van der Waals surface area contributed by atoms with Gasteiger partial charge in [0.05, 0.1) is 0 Å². The molecular formula is C15H22ClFN2. The maximum absolute atomic E-state index is 14.2. The molecule has 1 fully saturated rings. The van der Waals surface area contributed by atoms with E-state index in [4.69, 9.17) is 11.6 Å². The molecule has 2 unspecified atom stereocenters. The molecule has 1 heterocycles. The van der Waals surface area contributed by atoms with E-state index in [-0.39, 0.29) is 11.9 Å². The number of rotatable bonds is 4. The van der Waals surface area contributed by atoms with Crippen LogP contribution in [0, 0.1) is 11.7 Å². The molecule has 1 aromatic rings. The summed E-state index contributed by atoms with van der Waals surface area (Å²) in [6, 6.07) is 5.06. The van der Waals surface area contributed by atoms with Crippen molar-refractivity contribution in [1.82, 2.24) is 10.2 Å². The molecule has 4 heteroatoms. The van der Waals surface area contributed by atoms with Crippen LogP contribution in [0.15, 0.2) is 18.2 Å². The first-order valence-electron chi connectivity index (χ1n) is 7.01. The molecule has 1 aliphatic heterocycles. The minimum atomic E-state index is -0.182. The van der Waals surface area contributed by atoms with Crippen molar-refractivity contribution >= 4 is 11.6 Å². The van der Waals surface area contributed by atoms with Crippen LogP contribution in [0.2, 0.25) is 5.02 Å². The predicted octanol–water partition coefficient (Wildman–Crippen LogP) is 3.47. The second kappa shape index (κ2) is 6.69. The monoisotopic (exact) mass is 284 g/mol. The van der Waals surface area contributed by atoms with E-state index in [0.717, 1.165) is 26.1 Å². The van der Waals surface area contributed by atoms with E-state index in [0.29, 0.717) is 16.5 Å². The van der Waals surface area contributed by atoms with E-state index < -0.39 is 0 Å². The van der Waals surface area contributed by atoms with Crippen LogP contribution in [0.25, 0.3) is 0 Å². The molecule has 0 aliphatic carbocycles. The molecule has 1 aromatic carbocycles. The van der Waals surface area contributed by atoms with Crippen molar-refractivity contribution in [1.29, 1.82) is 0 Å². The van der Waals surface area contributed by atoms with Gasteiger partial charge in [-0.3, -0.25) is 4.90 Å². The third-order valence-corrected chi connectivity index (χ3v) is 4.36. The smallest absolute Gasteiger partial charge is 0.129 e. The van der Waals surface area contributed by atoms with Crippen LogP contribution in [0.5, 0.6) is 0 Å². The van der Waals surface area contributed by atoms with E-state index in [2.05, 4.69) is 17.1 Å². The maximum Gasteiger partial charge on any atom is 0.129 e. The summed E-state index contributed by atoms with van der Waals surface area (Å²) in [4.78, 5) is 2.34. The fourth-order valence-corrected chi connectivity index (χ4v) is 3.47. The SMILES string of the molecule is CCN1CCCC(CNC)C1c1c(F)cccc1Cl. The molecule has 106 valence electrons. The summed E-state index contributed by atoms with van der Waals surface area (Å²) in [6.07, 6.45) is 2.29. The molecule has 0 spiro atoms. The van der Waals surface area contributed by atoms with E-state index in [1.807, 2.05) is 7.05 Å². The predicted molar refractivity (Wildman–Crippen MR) is 78.0 cm³/mol. The third-order valence-electron chi connectivity index (χ3n) is 4.03. The van der Waals surface area contributed by atoms with Crippen molar-refractivity contribution in [3.8, 4) is 0 Å².